The minimum absolute atomic E-state index is 0.0977. The van der Waals surface area contributed by atoms with Crippen LogP contribution in [0.2, 0.25) is 0 Å². The third-order valence-electron chi connectivity index (χ3n) is 5.61. The smallest absolute Gasteiger partial charge is 0.223 e. The average Bonchev–Trinajstić information content (AvgIpc) is 2.61. The van der Waals surface area contributed by atoms with Crippen molar-refractivity contribution in [3.8, 4) is 0 Å². The van der Waals surface area contributed by atoms with Crippen molar-refractivity contribution in [1.82, 2.24) is 10.2 Å². The summed E-state index contributed by atoms with van der Waals surface area (Å²) in [5.74, 6) is 0.211. The summed E-state index contributed by atoms with van der Waals surface area (Å²) in [7, 11) is 0. The SMILES string of the molecule is CCCN1CCC(C(=O)NCC2(O)CCCc3ccccc32)CC1. The van der Waals surface area contributed by atoms with Crippen molar-refractivity contribution in [3.63, 3.8) is 0 Å². The van der Waals surface area contributed by atoms with Gasteiger partial charge in [-0.1, -0.05) is 31.2 Å². The number of amides is 1. The van der Waals surface area contributed by atoms with Crippen LogP contribution < -0.4 is 5.32 Å². The third kappa shape index (κ3) is 3.81. The van der Waals surface area contributed by atoms with Gasteiger partial charge >= 0.3 is 0 Å². The molecule has 1 amide bonds. The van der Waals surface area contributed by atoms with Gasteiger partial charge in [0.05, 0.1) is 6.54 Å². The minimum Gasteiger partial charge on any atom is -0.383 e. The number of nitrogens with zero attached hydrogens (tertiary/aromatic N) is 1. The Morgan fingerprint density at radius 2 is 2.08 bits per heavy atom. The molecule has 1 aliphatic carbocycles. The summed E-state index contributed by atoms with van der Waals surface area (Å²) in [4.78, 5) is 15.0. The molecule has 24 heavy (non-hydrogen) atoms. The number of benzene rings is 1. The molecule has 0 spiro atoms. The molecule has 1 aliphatic heterocycles. The van der Waals surface area contributed by atoms with Crippen LogP contribution >= 0.6 is 0 Å². The van der Waals surface area contributed by atoms with Gasteiger partial charge in [-0.15, -0.1) is 0 Å². The summed E-state index contributed by atoms with van der Waals surface area (Å²) < 4.78 is 0. The number of aliphatic hydroxyl groups is 1. The summed E-state index contributed by atoms with van der Waals surface area (Å²) >= 11 is 0. The molecule has 1 fully saturated rings. The zero-order chi connectivity index (χ0) is 17.0. The van der Waals surface area contributed by atoms with E-state index in [1.807, 2.05) is 18.2 Å². The van der Waals surface area contributed by atoms with Gasteiger partial charge in [0.15, 0.2) is 0 Å². The molecule has 132 valence electrons. The molecule has 0 saturated carbocycles. The van der Waals surface area contributed by atoms with E-state index in [4.69, 9.17) is 0 Å². The minimum atomic E-state index is -0.909. The quantitative estimate of drug-likeness (QED) is 0.872. The molecule has 2 aliphatic rings. The van der Waals surface area contributed by atoms with Gasteiger partial charge in [-0.2, -0.15) is 0 Å². The fraction of sp³-hybridized carbons (Fsp3) is 0.650. The monoisotopic (exact) mass is 330 g/mol. The van der Waals surface area contributed by atoms with E-state index in [9.17, 15) is 9.90 Å². The summed E-state index contributed by atoms with van der Waals surface area (Å²) in [6, 6.07) is 8.09. The third-order valence-corrected chi connectivity index (χ3v) is 5.61. The molecule has 1 unspecified atom stereocenters. The number of fused-ring (bicyclic) bond motifs is 1. The maximum Gasteiger partial charge on any atom is 0.223 e. The molecule has 1 atom stereocenters. The zero-order valence-corrected chi connectivity index (χ0v) is 14.8. The van der Waals surface area contributed by atoms with E-state index in [-0.39, 0.29) is 11.8 Å². The van der Waals surface area contributed by atoms with Crippen molar-refractivity contribution in [1.29, 1.82) is 0 Å². The predicted octanol–water partition coefficient (Wildman–Crippen LogP) is 2.45. The summed E-state index contributed by atoms with van der Waals surface area (Å²) in [5.41, 5.74) is 1.30. The van der Waals surface area contributed by atoms with E-state index in [0.29, 0.717) is 6.54 Å². The van der Waals surface area contributed by atoms with Gasteiger partial charge in [-0.05, 0) is 69.3 Å². The largest absolute Gasteiger partial charge is 0.383 e. The highest BCUT2D eigenvalue weighted by atomic mass is 16.3. The van der Waals surface area contributed by atoms with Crippen LogP contribution in [0.15, 0.2) is 24.3 Å². The highest BCUT2D eigenvalue weighted by Crippen LogP contribution is 2.34. The molecule has 4 heteroatoms. The number of hydrogen-bond acceptors (Lipinski definition) is 3. The molecular weight excluding hydrogens is 300 g/mol. The van der Waals surface area contributed by atoms with Gasteiger partial charge in [0.2, 0.25) is 5.91 Å². The van der Waals surface area contributed by atoms with Crippen molar-refractivity contribution in [2.75, 3.05) is 26.2 Å². The zero-order valence-electron chi connectivity index (χ0n) is 14.8. The second-order valence-corrected chi connectivity index (χ2v) is 7.38. The maximum atomic E-state index is 12.5. The Hall–Kier alpha value is -1.39. The topological polar surface area (TPSA) is 52.6 Å². The Kier molecular flexibility index (Phi) is 5.57. The Labute approximate surface area is 145 Å². The Morgan fingerprint density at radius 3 is 2.83 bits per heavy atom. The van der Waals surface area contributed by atoms with E-state index in [2.05, 4.69) is 23.2 Å². The first-order valence-electron chi connectivity index (χ1n) is 9.43. The van der Waals surface area contributed by atoms with E-state index >= 15 is 0 Å². The molecule has 1 aromatic carbocycles. The Bertz CT molecular complexity index is 567. The fourth-order valence-electron chi connectivity index (χ4n) is 4.19. The van der Waals surface area contributed by atoms with Crippen LogP contribution in [0.1, 0.15) is 50.2 Å². The number of aryl methyl sites for hydroxylation is 1. The molecule has 1 saturated heterocycles. The Morgan fingerprint density at radius 1 is 1.33 bits per heavy atom. The standard InChI is InChI=1S/C20H30N2O2/c1-2-12-22-13-9-17(10-14-22)19(23)21-15-20(24)11-5-7-16-6-3-4-8-18(16)20/h3-4,6,8,17,24H,2,5,7,9-15H2,1H3,(H,21,23). The number of carbonyl (C=O) groups excluding carboxylic acids is 1. The number of likely N-dealkylation sites (tertiary alicyclic amines) is 1. The first kappa shape index (κ1) is 17.4. The first-order chi connectivity index (χ1) is 11.6. The maximum absolute atomic E-state index is 12.5. The lowest BCUT2D eigenvalue weighted by Gasteiger charge is -2.36. The van der Waals surface area contributed by atoms with Gasteiger partial charge in [0.1, 0.15) is 5.60 Å². The molecule has 1 aromatic rings. The van der Waals surface area contributed by atoms with Crippen LogP contribution in [-0.4, -0.2) is 42.1 Å². The molecule has 0 radical (unpaired) electrons. The molecule has 1 heterocycles. The second kappa shape index (κ2) is 7.66. The number of rotatable bonds is 5. The summed E-state index contributed by atoms with van der Waals surface area (Å²) in [6.45, 7) is 5.68. The molecule has 0 bridgehead atoms. The van der Waals surface area contributed by atoms with Crippen molar-refractivity contribution in [2.24, 2.45) is 5.92 Å². The number of nitrogens with one attached hydrogen (secondary N) is 1. The lowest BCUT2D eigenvalue weighted by Crippen LogP contribution is -2.46. The second-order valence-electron chi connectivity index (χ2n) is 7.38. The number of hydrogen-bond donors (Lipinski definition) is 2. The van der Waals surface area contributed by atoms with Gasteiger partial charge in [0.25, 0.3) is 0 Å². The van der Waals surface area contributed by atoms with Crippen LogP contribution in [0.3, 0.4) is 0 Å². The van der Waals surface area contributed by atoms with Crippen LogP contribution in [0.4, 0.5) is 0 Å². The van der Waals surface area contributed by atoms with Crippen molar-refractivity contribution >= 4 is 5.91 Å². The highest BCUT2D eigenvalue weighted by molar-refractivity contribution is 5.78. The number of carbonyl (C=O) groups is 1. The lowest BCUT2D eigenvalue weighted by molar-refractivity contribution is -0.128. The predicted molar refractivity (Wildman–Crippen MR) is 95.7 cm³/mol. The molecule has 4 nitrogen and oxygen atoms in total. The molecule has 3 rings (SSSR count). The van der Waals surface area contributed by atoms with Gasteiger partial charge < -0.3 is 15.3 Å². The Balaban J connectivity index is 1.55. The summed E-state index contributed by atoms with van der Waals surface area (Å²) in [6.07, 6.45) is 5.74. The highest BCUT2D eigenvalue weighted by Gasteiger charge is 2.35. The normalized spacial score (nSPS) is 25.2. The number of piperidine rings is 1. The van der Waals surface area contributed by atoms with E-state index < -0.39 is 5.60 Å². The molecule has 2 N–H and O–H groups in total. The molecule has 0 aromatic heterocycles. The van der Waals surface area contributed by atoms with Crippen LogP contribution in [0.5, 0.6) is 0 Å². The van der Waals surface area contributed by atoms with Crippen LogP contribution in [0, 0.1) is 5.92 Å². The van der Waals surface area contributed by atoms with Crippen molar-refractivity contribution < 1.29 is 9.90 Å². The van der Waals surface area contributed by atoms with Gasteiger partial charge in [-0.25, -0.2) is 0 Å². The van der Waals surface area contributed by atoms with Crippen molar-refractivity contribution in [3.05, 3.63) is 35.4 Å². The van der Waals surface area contributed by atoms with Crippen molar-refractivity contribution in [2.45, 2.75) is 51.0 Å². The van der Waals surface area contributed by atoms with Crippen LogP contribution in [0.25, 0.3) is 0 Å². The van der Waals surface area contributed by atoms with Crippen LogP contribution in [-0.2, 0) is 16.8 Å². The van der Waals surface area contributed by atoms with Gasteiger partial charge in [0, 0.05) is 5.92 Å². The van der Waals surface area contributed by atoms with E-state index in [0.717, 1.165) is 57.3 Å². The fourth-order valence-corrected chi connectivity index (χ4v) is 4.19. The first-order valence-corrected chi connectivity index (χ1v) is 9.43. The molecular formula is C20H30N2O2. The lowest BCUT2D eigenvalue weighted by atomic mass is 9.79. The van der Waals surface area contributed by atoms with E-state index in [1.54, 1.807) is 0 Å². The van der Waals surface area contributed by atoms with Gasteiger partial charge in [-0.3, -0.25) is 4.79 Å². The summed E-state index contributed by atoms with van der Waals surface area (Å²) in [5, 5.41) is 14.1. The van der Waals surface area contributed by atoms with E-state index in [1.165, 1.54) is 12.0 Å². The average molecular weight is 330 g/mol.